The summed E-state index contributed by atoms with van der Waals surface area (Å²) in [6.45, 7) is 0.245. The number of nitrogens with zero attached hydrogens (tertiary/aromatic N) is 2. The Hall–Kier alpha value is -2.19. The van der Waals surface area contributed by atoms with Crippen molar-refractivity contribution in [3.05, 3.63) is 52.4 Å². The molecule has 1 N–H and O–H groups in total. The third-order valence-corrected chi connectivity index (χ3v) is 5.36. The first-order chi connectivity index (χ1) is 11.5. The average molecular weight is 349 g/mol. The van der Waals surface area contributed by atoms with Crippen LogP contribution < -0.4 is 15.0 Å². The summed E-state index contributed by atoms with van der Waals surface area (Å²) < 4.78 is 33.6. The van der Waals surface area contributed by atoms with Gasteiger partial charge in [-0.2, -0.15) is 5.10 Å². The molecule has 1 heterocycles. The fraction of sp³-hybridized carbons (Fsp3) is 0.375. The van der Waals surface area contributed by atoms with Crippen molar-refractivity contribution < 1.29 is 13.2 Å². The van der Waals surface area contributed by atoms with Gasteiger partial charge in [-0.1, -0.05) is 12.1 Å². The van der Waals surface area contributed by atoms with Crippen LogP contribution in [0.4, 0.5) is 0 Å². The normalized spacial score (nSPS) is 14.5. The lowest BCUT2D eigenvalue weighted by Crippen LogP contribution is -2.32. The number of para-hydroxylation sites is 1. The number of sulfonamides is 1. The minimum atomic E-state index is -3.72. The van der Waals surface area contributed by atoms with Gasteiger partial charge in [-0.25, -0.2) is 17.8 Å². The average Bonchev–Trinajstić information content (AvgIpc) is 3.41. The highest BCUT2D eigenvalue weighted by Gasteiger charge is 2.25. The molecule has 7 nitrogen and oxygen atoms in total. The number of hydrogen-bond acceptors (Lipinski definition) is 5. The monoisotopic (exact) mass is 349 g/mol. The second-order valence-electron chi connectivity index (χ2n) is 5.64. The molecule has 1 aromatic heterocycles. The number of benzene rings is 1. The van der Waals surface area contributed by atoms with Crippen LogP contribution >= 0.6 is 0 Å². The molecule has 1 aromatic carbocycles. The number of hydrogen-bond donors (Lipinski definition) is 1. The zero-order valence-electron chi connectivity index (χ0n) is 13.3. The summed E-state index contributed by atoms with van der Waals surface area (Å²) in [4.78, 5) is 11.9. The molecule has 2 aromatic rings. The van der Waals surface area contributed by atoms with Gasteiger partial charge >= 0.3 is 0 Å². The van der Waals surface area contributed by atoms with E-state index in [2.05, 4.69) is 9.82 Å². The predicted molar refractivity (Wildman–Crippen MR) is 88.7 cm³/mol. The van der Waals surface area contributed by atoms with Gasteiger partial charge in [-0.15, -0.1) is 0 Å². The van der Waals surface area contributed by atoms with Crippen LogP contribution in [0.25, 0.3) is 0 Å². The molecule has 0 bridgehead atoms. The Morgan fingerprint density at radius 3 is 2.71 bits per heavy atom. The summed E-state index contributed by atoms with van der Waals surface area (Å²) in [5.41, 5.74) is 0.651. The molecule has 1 aliphatic carbocycles. The summed E-state index contributed by atoms with van der Waals surface area (Å²) in [6.07, 6.45) is 2.18. The fourth-order valence-electron chi connectivity index (χ4n) is 2.43. The molecule has 24 heavy (non-hydrogen) atoms. The Labute approximate surface area is 140 Å². The van der Waals surface area contributed by atoms with E-state index in [4.69, 9.17) is 4.74 Å². The van der Waals surface area contributed by atoms with Gasteiger partial charge in [-0.3, -0.25) is 4.79 Å². The van der Waals surface area contributed by atoms with E-state index >= 15 is 0 Å². The van der Waals surface area contributed by atoms with Crippen molar-refractivity contribution in [2.75, 3.05) is 13.7 Å². The third kappa shape index (κ3) is 3.65. The molecule has 0 spiro atoms. The highest BCUT2D eigenvalue weighted by molar-refractivity contribution is 7.89. The van der Waals surface area contributed by atoms with Gasteiger partial charge in [0.1, 0.15) is 10.6 Å². The molecule has 8 heteroatoms. The molecule has 0 atom stereocenters. The number of ether oxygens (including phenoxy) is 1. The third-order valence-electron chi connectivity index (χ3n) is 3.86. The second-order valence-corrected chi connectivity index (χ2v) is 7.38. The summed E-state index contributed by atoms with van der Waals surface area (Å²) in [5.74, 6) is 0.707. The van der Waals surface area contributed by atoms with E-state index in [-0.39, 0.29) is 29.3 Å². The molecule has 128 valence electrons. The number of aromatic nitrogens is 2. The Bertz CT molecular complexity index is 888. The summed E-state index contributed by atoms with van der Waals surface area (Å²) in [6, 6.07) is 9.61. The molecule has 3 rings (SSSR count). The summed E-state index contributed by atoms with van der Waals surface area (Å²) >= 11 is 0. The largest absolute Gasteiger partial charge is 0.495 e. The zero-order chi connectivity index (χ0) is 17.2. The minimum Gasteiger partial charge on any atom is -0.495 e. The van der Waals surface area contributed by atoms with E-state index in [0.717, 1.165) is 18.5 Å². The molecule has 1 saturated carbocycles. The maximum Gasteiger partial charge on any atom is 0.266 e. The quantitative estimate of drug-likeness (QED) is 0.809. The van der Waals surface area contributed by atoms with Crippen molar-refractivity contribution in [3.8, 4) is 5.75 Å². The zero-order valence-corrected chi connectivity index (χ0v) is 14.1. The highest BCUT2D eigenvalue weighted by atomic mass is 32.2. The highest BCUT2D eigenvalue weighted by Crippen LogP contribution is 2.38. The summed E-state index contributed by atoms with van der Waals surface area (Å²) in [5, 5.41) is 4.30. The van der Waals surface area contributed by atoms with Crippen LogP contribution in [-0.4, -0.2) is 31.9 Å². The molecule has 1 aliphatic rings. The van der Waals surface area contributed by atoms with Crippen LogP contribution in [0.5, 0.6) is 5.75 Å². The van der Waals surface area contributed by atoms with Crippen LogP contribution in [0.3, 0.4) is 0 Å². The molecular formula is C16H19N3O4S. The van der Waals surface area contributed by atoms with E-state index in [0.29, 0.717) is 5.92 Å². The van der Waals surface area contributed by atoms with E-state index in [1.807, 2.05) is 0 Å². The predicted octanol–water partition coefficient (Wildman–Crippen LogP) is 1.11. The molecule has 0 amide bonds. The van der Waals surface area contributed by atoms with Crippen molar-refractivity contribution in [1.29, 1.82) is 0 Å². The van der Waals surface area contributed by atoms with Crippen LogP contribution in [0.15, 0.2) is 46.1 Å². The van der Waals surface area contributed by atoms with Crippen molar-refractivity contribution in [1.82, 2.24) is 14.5 Å². The lowest BCUT2D eigenvalue weighted by Gasteiger charge is -2.11. The van der Waals surface area contributed by atoms with Crippen LogP contribution in [0.1, 0.15) is 24.5 Å². The first-order valence-electron chi connectivity index (χ1n) is 7.72. The Morgan fingerprint density at radius 1 is 1.25 bits per heavy atom. The van der Waals surface area contributed by atoms with E-state index in [1.165, 1.54) is 23.9 Å². The first-order valence-corrected chi connectivity index (χ1v) is 9.20. The molecule has 0 saturated heterocycles. The van der Waals surface area contributed by atoms with Crippen molar-refractivity contribution in [3.63, 3.8) is 0 Å². The molecule has 0 aliphatic heterocycles. The van der Waals surface area contributed by atoms with Gasteiger partial charge in [0, 0.05) is 18.5 Å². The van der Waals surface area contributed by atoms with Gasteiger partial charge in [0.2, 0.25) is 10.0 Å². The van der Waals surface area contributed by atoms with Gasteiger partial charge in [0.15, 0.2) is 0 Å². The standard InChI is InChI=1S/C16H19N3O4S/c1-23-14-4-2-3-5-15(14)24(21,22)17-10-11-19-16(20)9-8-13(18-19)12-6-7-12/h2-5,8-9,12,17H,6-7,10-11H2,1H3. The van der Waals surface area contributed by atoms with Crippen LogP contribution in [0, 0.1) is 0 Å². The molecule has 1 fully saturated rings. The number of rotatable bonds is 7. The Morgan fingerprint density at radius 2 is 2.00 bits per heavy atom. The lowest BCUT2D eigenvalue weighted by molar-refractivity contribution is 0.402. The van der Waals surface area contributed by atoms with Crippen LogP contribution in [0.2, 0.25) is 0 Å². The molecule has 0 radical (unpaired) electrons. The number of methoxy groups -OCH3 is 1. The Balaban J connectivity index is 1.69. The Kier molecular flexibility index (Phi) is 4.68. The topological polar surface area (TPSA) is 90.3 Å². The summed E-state index contributed by atoms with van der Waals surface area (Å²) in [7, 11) is -2.30. The van der Waals surface area contributed by atoms with Crippen LogP contribution in [-0.2, 0) is 16.6 Å². The fourth-order valence-corrected chi connectivity index (χ4v) is 3.62. The second kappa shape index (κ2) is 6.74. The van der Waals surface area contributed by atoms with Crippen molar-refractivity contribution >= 4 is 10.0 Å². The smallest absolute Gasteiger partial charge is 0.266 e. The van der Waals surface area contributed by atoms with Gasteiger partial charge in [0.25, 0.3) is 5.56 Å². The van der Waals surface area contributed by atoms with Gasteiger partial charge in [0.05, 0.1) is 19.3 Å². The minimum absolute atomic E-state index is 0.0690. The van der Waals surface area contributed by atoms with Gasteiger partial charge in [-0.05, 0) is 31.0 Å². The maximum atomic E-state index is 12.4. The lowest BCUT2D eigenvalue weighted by atomic mass is 10.3. The molecule has 0 unspecified atom stereocenters. The van der Waals surface area contributed by atoms with Gasteiger partial charge < -0.3 is 4.74 Å². The van der Waals surface area contributed by atoms with E-state index in [9.17, 15) is 13.2 Å². The SMILES string of the molecule is COc1ccccc1S(=O)(=O)NCCn1nc(C2CC2)ccc1=O. The maximum absolute atomic E-state index is 12.4. The van der Waals surface area contributed by atoms with E-state index in [1.54, 1.807) is 24.3 Å². The van der Waals surface area contributed by atoms with E-state index < -0.39 is 10.0 Å². The number of nitrogens with one attached hydrogen (secondary N) is 1. The molecular weight excluding hydrogens is 330 g/mol. The van der Waals surface area contributed by atoms with Crippen molar-refractivity contribution in [2.45, 2.75) is 30.2 Å². The first kappa shape index (κ1) is 16.7. The van der Waals surface area contributed by atoms with Crippen molar-refractivity contribution in [2.24, 2.45) is 0 Å².